The van der Waals surface area contributed by atoms with Gasteiger partial charge in [0.05, 0.1) is 34.2 Å². The molecule has 0 saturated heterocycles. The quantitative estimate of drug-likeness (QED) is 0.466. The summed E-state index contributed by atoms with van der Waals surface area (Å²) in [5.41, 5.74) is 1.72. The van der Waals surface area contributed by atoms with Gasteiger partial charge >= 0.3 is 6.03 Å². The first-order valence-corrected chi connectivity index (χ1v) is 10.1. The number of hydrogen-bond donors (Lipinski definition) is 2. The Kier molecular flexibility index (Phi) is 6.16. The third-order valence-corrected chi connectivity index (χ3v) is 5.33. The van der Waals surface area contributed by atoms with Crippen LogP contribution in [0.25, 0.3) is 10.8 Å². The number of aromatic nitrogens is 3. The van der Waals surface area contributed by atoms with E-state index in [-0.39, 0.29) is 18.6 Å². The fourth-order valence-electron chi connectivity index (χ4n) is 3.12. The number of amides is 2. The summed E-state index contributed by atoms with van der Waals surface area (Å²) in [5, 5.41) is 11.9. The highest BCUT2D eigenvalue weighted by Gasteiger charge is 2.12. The molecule has 0 bridgehead atoms. The highest BCUT2D eigenvalue weighted by molar-refractivity contribution is 6.42. The number of anilines is 1. The van der Waals surface area contributed by atoms with Crippen LogP contribution in [0.15, 0.2) is 71.8 Å². The van der Waals surface area contributed by atoms with Crippen LogP contribution >= 0.6 is 23.2 Å². The van der Waals surface area contributed by atoms with Crippen molar-refractivity contribution < 1.29 is 4.79 Å². The molecule has 2 heterocycles. The molecule has 156 valence electrons. The summed E-state index contributed by atoms with van der Waals surface area (Å²) in [6.45, 7) is 0.404. The van der Waals surface area contributed by atoms with E-state index in [2.05, 4.69) is 20.7 Å². The molecule has 31 heavy (non-hydrogen) atoms. The molecule has 0 saturated carbocycles. The van der Waals surface area contributed by atoms with E-state index in [0.717, 1.165) is 5.56 Å². The van der Waals surface area contributed by atoms with Crippen LogP contribution in [-0.4, -0.2) is 20.8 Å². The number of carbonyl (C=O) groups is 1. The Morgan fingerprint density at radius 2 is 1.81 bits per heavy atom. The Morgan fingerprint density at radius 1 is 1.00 bits per heavy atom. The minimum Gasteiger partial charge on any atom is -0.332 e. The maximum absolute atomic E-state index is 12.9. The maximum atomic E-state index is 12.9. The zero-order valence-electron chi connectivity index (χ0n) is 16.2. The van der Waals surface area contributed by atoms with Crippen LogP contribution in [0.5, 0.6) is 0 Å². The van der Waals surface area contributed by atoms with Gasteiger partial charge in [-0.2, -0.15) is 5.10 Å². The van der Waals surface area contributed by atoms with E-state index >= 15 is 0 Å². The van der Waals surface area contributed by atoms with Gasteiger partial charge in [-0.05, 0) is 35.9 Å². The summed E-state index contributed by atoms with van der Waals surface area (Å²) in [6, 6.07) is 15.2. The predicted octanol–water partition coefficient (Wildman–Crippen LogP) is 4.47. The van der Waals surface area contributed by atoms with Gasteiger partial charge in [0.25, 0.3) is 5.56 Å². The van der Waals surface area contributed by atoms with E-state index in [9.17, 15) is 9.59 Å². The molecule has 0 radical (unpaired) electrons. The summed E-state index contributed by atoms with van der Waals surface area (Å²) >= 11 is 11.9. The van der Waals surface area contributed by atoms with Gasteiger partial charge in [-0.25, -0.2) is 9.48 Å². The summed E-state index contributed by atoms with van der Waals surface area (Å²) in [5.74, 6) is 0. The van der Waals surface area contributed by atoms with E-state index in [1.54, 1.807) is 48.8 Å². The van der Waals surface area contributed by atoms with Gasteiger partial charge in [-0.1, -0.05) is 47.5 Å². The average Bonchev–Trinajstić information content (AvgIpc) is 2.78. The second-order valence-electron chi connectivity index (χ2n) is 6.75. The maximum Gasteiger partial charge on any atom is 0.319 e. The number of rotatable bonds is 5. The van der Waals surface area contributed by atoms with E-state index < -0.39 is 6.03 Å². The summed E-state index contributed by atoms with van der Waals surface area (Å²) in [7, 11) is 0. The average molecular weight is 454 g/mol. The molecule has 0 atom stereocenters. The van der Waals surface area contributed by atoms with Gasteiger partial charge in [0.1, 0.15) is 0 Å². The second-order valence-corrected chi connectivity index (χ2v) is 7.57. The van der Waals surface area contributed by atoms with Crippen molar-refractivity contribution in [1.82, 2.24) is 20.1 Å². The normalized spacial score (nSPS) is 10.8. The highest BCUT2D eigenvalue weighted by atomic mass is 35.5. The number of hydrogen-bond acceptors (Lipinski definition) is 4. The smallest absolute Gasteiger partial charge is 0.319 e. The number of benzene rings is 2. The van der Waals surface area contributed by atoms with Gasteiger partial charge in [0.15, 0.2) is 0 Å². The van der Waals surface area contributed by atoms with Crippen molar-refractivity contribution in [1.29, 1.82) is 0 Å². The van der Waals surface area contributed by atoms with Gasteiger partial charge < -0.3 is 10.6 Å². The van der Waals surface area contributed by atoms with Crippen LogP contribution in [-0.2, 0) is 13.1 Å². The van der Waals surface area contributed by atoms with Gasteiger partial charge in [-0.3, -0.25) is 9.78 Å². The van der Waals surface area contributed by atoms with Crippen LogP contribution in [0.4, 0.5) is 10.5 Å². The second kappa shape index (κ2) is 9.16. The molecular formula is C22H17Cl2N5O2. The molecule has 2 amide bonds. The van der Waals surface area contributed by atoms with Crippen molar-refractivity contribution in [2.45, 2.75) is 13.1 Å². The summed E-state index contributed by atoms with van der Waals surface area (Å²) in [6.07, 6.45) is 3.36. The predicted molar refractivity (Wildman–Crippen MR) is 122 cm³/mol. The SMILES string of the molecule is O=C(NCc1nn(Cc2cccnc2)c(=O)c2ccccc12)Nc1ccc(Cl)c(Cl)c1. The molecule has 0 aliphatic carbocycles. The van der Waals surface area contributed by atoms with Gasteiger partial charge in [0, 0.05) is 23.5 Å². The lowest BCUT2D eigenvalue weighted by atomic mass is 10.1. The van der Waals surface area contributed by atoms with E-state index in [1.807, 2.05) is 18.2 Å². The highest BCUT2D eigenvalue weighted by Crippen LogP contribution is 2.25. The summed E-state index contributed by atoms with van der Waals surface area (Å²) in [4.78, 5) is 29.3. The fraction of sp³-hybridized carbons (Fsp3) is 0.0909. The van der Waals surface area contributed by atoms with Gasteiger partial charge in [-0.15, -0.1) is 0 Å². The number of urea groups is 1. The number of pyridine rings is 1. The molecule has 7 nitrogen and oxygen atoms in total. The first-order chi connectivity index (χ1) is 15.0. The standard InChI is InChI=1S/C22H17Cl2N5O2/c23-18-8-7-15(10-19(18)24)27-22(31)26-12-20-16-5-1-2-6-17(16)21(30)29(28-20)13-14-4-3-9-25-11-14/h1-11H,12-13H2,(H2,26,27,31). The molecule has 0 aliphatic heterocycles. The number of fused-ring (bicyclic) bond motifs is 1. The molecule has 0 fully saturated rings. The van der Waals surface area contributed by atoms with Crippen molar-refractivity contribution in [3.63, 3.8) is 0 Å². The van der Waals surface area contributed by atoms with Crippen LogP contribution in [0.3, 0.4) is 0 Å². The van der Waals surface area contributed by atoms with Crippen LogP contribution in [0.1, 0.15) is 11.3 Å². The third kappa shape index (κ3) is 4.84. The van der Waals surface area contributed by atoms with Crippen molar-refractivity contribution >= 4 is 45.7 Å². The monoisotopic (exact) mass is 453 g/mol. The molecular weight excluding hydrogens is 437 g/mol. The van der Waals surface area contributed by atoms with E-state index in [1.165, 1.54) is 4.68 Å². The Bertz CT molecular complexity index is 1310. The third-order valence-electron chi connectivity index (χ3n) is 4.59. The van der Waals surface area contributed by atoms with Crippen LogP contribution < -0.4 is 16.2 Å². The molecule has 2 aromatic carbocycles. The molecule has 0 unspecified atom stereocenters. The zero-order chi connectivity index (χ0) is 21.8. The zero-order valence-corrected chi connectivity index (χ0v) is 17.7. The number of halogens is 2. The van der Waals surface area contributed by atoms with E-state index in [0.29, 0.717) is 32.2 Å². The molecule has 2 N–H and O–H groups in total. The molecule has 4 aromatic rings. The van der Waals surface area contributed by atoms with Crippen molar-refractivity contribution in [2.24, 2.45) is 0 Å². The van der Waals surface area contributed by atoms with Crippen molar-refractivity contribution in [2.75, 3.05) is 5.32 Å². The van der Waals surface area contributed by atoms with Crippen LogP contribution in [0, 0.1) is 0 Å². The number of carbonyl (C=O) groups excluding carboxylic acids is 1. The van der Waals surface area contributed by atoms with Crippen molar-refractivity contribution in [3.8, 4) is 0 Å². The molecule has 4 rings (SSSR count). The topological polar surface area (TPSA) is 88.9 Å². The molecule has 2 aromatic heterocycles. The lowest BCUT2D eigenvalue weighted by Gasteiger charge is -2.12. The van der Waals surface area contributed by atoms with Crippen LogP contribution in [0.2, 0.25) is 10.0 Å². The van der Waals surface area contributed by atoms with Crippen molar-refractivity contribution in [3.05, 3.63) is 98.6 Å². The lowest BCUT2D eigenvalue weighted by molar-refractivity contribution is 0.251. The fourth-order valence-corrected chi connectivity index (χ4v) is 3.42. The Balaban J connectivity index is 1.57. The van der Waals surface area contributed by atoms with Gasteiger partial charge in [0.2, 0.25) is 0 Å². The molecule has 9 heteroatoms. The Labute approximate surface area is 187 Å². The Hall–Kier alpha value is -3.42. The lowest BCUT2D eigenvalue weighted by Crippen LogP contribution is -2.31. The Morgan fingerprint density at radius 3 is 2.55 bits per heavy atom. The molecule has 0 spiro atoms. The molecule has 0 aliphatic rings. The summed E-state index contributed by atoms with van der Waals surface area (Å²) < 4.78 is 1.38. The minimum atomic E-state index is -0.436. The number of nitrogens with one attached hydrogen (secondary N) is 2. The largest absolute Gasteiger partial charge is 0.332 e. The number of nitrogens with zero attached hydrogens (tertiary/aromatic N) is 3. The van der Waals surface area contributed by atoms with E-state index in [4.69, 9.17) is 23.2 Å². The first kappa shape index (κ1) is 20.8. The first-order valence-electron chi connectivity index (χ1n) is 9.39. The minimum absolute atomic E-state index is 0.126.